The molecule has 0 atom stereocenters. The normalized spacial score (nSPS) is 10.7. The second kappa shape index (κ2) is 7.59. The molecule has 0 saturated heterocycles. The van der Waals surface area contributed by atoms with Crippen LogP contribution in [0.5, 0.6) is 11.5 Å². The highest BCUT2D eigenvalue weighted by Gasteiger charge is 2.15. The summed E-state index contributed by atoms with van der Waals surface area (Å²) in [6.07, 6.45) is 1.36. The van der Waals surface area contributed by atoms with Crippen LogP contribution in [-0.4, -0.2) is 13.1 Å². The monoisotopic (exact) mass is 390 g/mol. The first-order chi connectivity index (χ1) is 14.1. The summed E-state index contributed by atoms with van der Waals surface area (Å²) in [5.41, 5.74) is 0.950. The summed E-state index contributed by atoms with van der Waals surface area (Å²) >= 11 is 0. The molecular weight excluding hydrogens is 375 g/mol. The third-order valence-electron chi connectivity index (χ3n) is 4.45. The lowest BCUT2D eigenvalue weighted by Gasteiger charge is -2.07. The predicted octanol–water partition coefficient (Wildman–Crippen LogP) is 4.83. The second-order valence-corrected chi connectivity index (χ2v) is 6.23. The largest absolute Gasteiger partial charge is 0.497 e. The molecule has 0 saturated carbocycles. The third-order valence-corrected chi connectivity index (χ3v) is 4.45. The van der Waals surface area contributed by atoms with Crippen molar-refractivity contribution in [1.82, 2.24) is 0 Å². The van der Waals surface area contributed by atoms with Crippen molar-refractivity contribution in [3.63, 3.8) is 0 Å². The highest BCUT2D eigenvalue weighted by Crippen LogP contribution is 2.25. The van der Waals surface area contributed by atoms with Gasteiger partial charge in [-0.25, -0.2) is 9.18 Å². The fourth-order valence-corrected chi connectivity index (χ4v) is 2.93. The van der Waals surface area contributed by atoms with Crippen LogP contribution >= 0.6 is 0 Å². The van der Waals surface area contributed by atoms with Crippen molar-refractivity contribution in [3.05, 3.63) is 94.6 Å². The third kappa shape index (κ3) is 3.60. The number of esters is 1. The molecule has 29 heavy (non-hydrogen) atoms. The molecule has 0 aliphatic heterocycles. The van der Waals surface area contributed by atoms with Gasteiger partial charge >= 0.3 is 5.97 Å². The van der Waals surface area contributed by atoms with Gasteiger partial charge in [0.2, 0.25) is 0 Å². The number of hydrogen-bond acceptors (Lipinski definition) is 5. The molecule has 3 aromatic carbocycles. The Labute approximate surface area is 164 Å². The summed E-state index contributed by atoms with van der Waals surface area (Å²) < 4.78 is 29.7. The molecule has 1 heterocycles. The van der Waals surface area contributed by atoms with Gasteiger partial charge in [0.25, 0.3) is 0 Å². The van der Waals surface area contributed by atoms with Gasteiger partial charge < -0.3 is 13.9 Å². The predicted molar refractivity (Wildman–Crippen MR) is 106 cm³/mol. The van der Waals surface area contributed by atoms with Crippen molar-refractivity contribution >= 4 is 16.9 Å². The minimum Gasteiger partial charge on any atom is -0.497 e. The molecule has 0 aliphatic carbocycles. The molecular formula is C23H15FO5. The Morgan fingerprint density at radius 3 is 2.41 bits per heavy atom. The topological polar surface area (TPSA) is 65.7 Å². The quantitative estimate of drug-likeness (QED) is 0.369. The van der Waals surface area contributed by atoms with Crippen molar-refractivity contribution in [2.24, 2.45) is 0 Å². The summed E-state index contributed by atoms with van der Waals surface area (Å²) in [5.74, 6) is -0.681. The molecule has 4 aromatic rings. The first-order valence-corrected chi connectivity index (χ1v) is 8.73. The van der Waals surface area contributed by atoms with Crippen LogP contribution in [0, 0.1) is 5.82 Å². The first kappa shape index (κ1) is 18.4. The molecule has 4 rings (SSSR count). The van der Waals surface area contributed by atoms with Crippen LogP contribution in [0.1, 0.15) is 10.4 Å². The van der Waals surface area contributed by atoms with Crippen LogP contribution in [0.25, 0.3) is 22.1 Å². The van der Waals surface area contributed by atoms with E-state index in [0.29, 0.717) is 22.3 Å². The van der Waals surface area contributed by atoms with E-state index in [0.717, 1.165) is 0 Å². The van der Waals surface area contributed by atoms with E-state index >= 15 is 0 Å². The smallest absolute Gasteiger partial charge is 0.346 e. The lowest BCUT2D eigenvalue weighted by molar-refractivity contribution is 0.0730. The molecule has 0 N–H and O–H groups in total. The highest BCUT2D eigenvalue weighted by atomic mass is 19.1. The van der Waals surface area contributed by atoms with E-state index < -0.39 is 11.8 Å². The Hall–Kier alpha value is -3.93. The van der Waals surface area contributed by atoms with Crippen molar-refractivity contribution in [2.75, 3.05) is 7.11 Å². The van der Waals surface area contributed by atoms with Crippen LogP contribution in [0.2, 0.25) is 0 Å². The Kier molecular flexibility index (Phi) is 4.83. The van der Waals surface area contributed by atoms with Gasteiger partial charge in [-0.15, -0.1) is 0 Å². The van der Waals surface area contributed by atoms with Gasteiger partial charge in [0, 0.05) is 6.07 Å². The number of benzene rings is 3. The van der Waals surface area contributed by atoms with Crippen molar-refractivity contribution in [1.29, 1.82) is 0 Å². The second-order valence-electron chi connectivity index (χ2n) is 6.23. The van der Waals surface area contributed by atoms with E-state index in [1.807, 2.05) is 0 Å². The standard InChI is InChI=1S/C23H15FO5/c1-27-15-8-6-14(7-9-15)19-13-28-21-12-16(10-11-18(21)22(19)25)29-23(26)17-4-2-3-5-20(17)24/h2-13H,1H3. The van der Waals surface area contributed by atoms with Gasteiger partial charge in [-0.05, 0) is 42.0 Å². The summed E-state index contributed by atoms with van der Waals surface area (Å²) in [6.45, 7) is 0. The molecule has 0 unspecified atom stereocenters. The molecule has 144 valence electrons. The average Bonchev–Trinajstić information content (AvgIpc) is 2.74. The fraction of sp³-hybridized carbons (Fsp3) is 0.0435. The first-order valence-electron chi connectivity index (χ1n) is 8.73. The maximum absolute atomic E-state index is 13.7. The zero-order valence-electron chi connectivity index (χ0n) is 15.3. The van der Waals surface area contributed by atoms with E-state index in [4.69, 9.17) is 13.9 Å². The Morgan fingerprint density at radius 2 is 1.69 bits per heavy atom. The molecule has 5 nitrogen and oxygen atoms in total. The minimum atomic E-state index is -0.834. The van der Waals surface area contributed by atoms with E-state index in [1.54, 1.807) is 37.4 Å². The zero-order chi connectivity index (χ0) is 20.4. The summed E-state index contributed by atoms with van der Waals surface area (Å²) in [5, 5.41) is 0.337. The van der Waals surface area contributed by atoms with Gasteiger partial charge in [-0.1, -0.05) is 24.3 Å². The Balaban J connectivity index is 1.66. The lowest BCUT2D eigenvalue weighted by Crippen LogP contribution is -2.11. The molecule has 0 spiro atoms. The zero-order valence-corrected chi connectivity index (χ0v) is 15.3. The summed E-state index contributed by atoms with van der Waals surface area (Å²) in [4.78, 5) is 25.0. The Morgan fingerprint density at radius 1 is 0.966 bits per heavy atom. The van der Waals surface area contributed by atoms with Crippen molar-refractivity contribution in [3.8, 4) is 22.6 Å². The number of halogens is 1. The van der Waals surface area contributed by atoms with Crippen LogP contribution in [0.15, 0.2) is 82.2 Å². The molecule has 1 aromatic heterocycles. The SMILES string of the molecule is COc1ccc(-c2coc3cc(OC(=O)c4ccccc4F)ccc3c2=O)cc1. The average molecular weight is 390 g/mol. The number of ether oxygens (including phenoxy) is 2. The maximum Gasteiger partial charge on any atom is 0.346 e. The maximum atomic E-state index is 13.7. The molecule has 6 heteroatoms. The number of methoxy groups -OCH3 is 1. The highest BCUT2D eigenvalue weighted by molar-refractivity contribution is 5.92. The molecule has 0 fully saturated rings. The van der Waals surface area contributed by atoms with Crippen LogP contribution in [0.3, 0.4) is 0 Å². The number of hydrogen-bond donors (Lipinski definition) is 0. The molecule has 0 bridgehead atoms. The van der Waals surface area contributed by atoms with Crippen molar-refractivity contribution < 1.29 is 23.1 Å². The Bertz CT molecular complexity index is 1260. The van der Waals surface area contributed by atoms with Gasteiger partial charge in [0.15, 0.2) is 5.43 Å². The number of carbonyl (C=O) groups is 1. The molecule has 0 radical (unpaired) electrons. The van der Waals surface area contributed by atoms with Gasteiger partial charge in [-0.3, -0.25) is 4.79 Å². The fourth-order valence-electron chi connectivity index (χ4n) is 2.93. The van der Waals surface area contributed by atoms with E-state index in [2.05, 4.69) is 0 Å². The van der Waals surface area contributed by atoms with E-state index in [9.17, 15) is 14.0 Å². The minimum absolute atomic E-state index is 0.145. The summed E-state index contributed by atoms with van der Waals surface area (Å²) in [6, 6.07) is 17.0. The number of rotatable bonds is 4. The van der Waals surface area contributed by atoms with E-state index in [-0.39, 0.29) is 22.3 Å². The lowest BCUT2D eigenvalue weighted by atomic mass is 10.1. The van der Waals surface area contributed by atoms with E-state index in [1.165, 1.54) is 42.7 Å². The van der Waals surface area contributed by atoms with Crippen LogP contribution in [0.4, 0.5) is 4.39 Å². The molecule has 0 amide bonds. The van der Waals surface area contributed by atoms with Crippen LogP contribution < -0.4 is 14.9 Å². The van der Waals surface area contributed by atoms with Gasteiger partial charge in [-0.2, -0.15) is 0 Å². The summed E-state index contributed by atoms with van der Waals surface area (Å²) in [7, 11) is 1.57. The van der Waals surface area contributed by atoms with Crippen LogP contribution in [-0.2, 0) is 0 Å². The van der Waals surface area contributed by atoms with Gasteiger partial charge in [0.05, 0.1) is 23.6 Å². The number of fused-ring (bicyclic) bond motifs is 1. The number of carbonyl (C=O) groups excluding carboxylic acids is 1. The van der Waals surface area contributed by atoms with Gasteiger partial charge in [0.1, 0.15) is 29.2 Å². The molecule has 0 aliphatic rings. The van der Waals surface area contributed by atoms with Crippen molar-refractivity contribution in [2.45, 2.75) is 0 Å².